The Balaban J connectivity index is 1.75. The zero-order valence-electron chi connectivity index (χ0n) is 23.3. The van der Waals surface area contributed by atoms with Gasteiger partial charge < -0.3 is 29.0 Å². The lowest BCUT2D eigenvalue weighted by atomic mass is 9.71. The lowest BCUT2D eigenvalue weighted by molar-refractivity contribution is -0.140. The third-order valence-corrected chi connectivity index (χ3v) is 7.12. The zero-order chi connectivity index (χ0) is 27.9. The molecule has 0 amide bonds. The minimum absolute atomic E-state index is 0.0213. The van der Waals surface area contributed by atoms with Crippen LogP contribution in [0.2, 0.25) is 0 Å². The van der Waals surface area contributed by atoms with Crippen LogP contribution in [0.4, 0.5) is 0 Å². The van der Waals surface area contributed by atoms with Crippen molar-refractivity contribution in [2.45, 2.75) is 45.4 Å². The van der Waals surface area contributed by atoms with Crippen molar-refractivity contribution in [3.05, 3.63) is 76.1 Å². The van der Waals surface area contributed by atoms with Gasteiger partial charge in [0.15, 0.2) is 17.3 Å². The predicted molar refractivity (Wildman–Crippen MR) is 147 cm³/mol. The van der Waals surface area contributed by atoms with Crippen LogP contribution in [0.25, 0.3) is 0 Å². The number of rotatable bonds is 11. The van der Waals surface area contributed by atoms with Gasteiger partial charge in [0.25, 0.3) is 0 Å². The third kappa shape index (κ3) is 5.96. The average molecular weight is 536 g/mol. The van der Waals surface area contributed by atoms with Crippen LogP contribution in [0.15, 0.2) is 65.0 Å². The highest BCUT2D eigenvalue weighted by atomic mass is 16.6. The number of ketones is 1. The van der Waals surface area contributed by atoms with E-state index in [2.05, 4.69) is 5.32 Å². The Kier molecular flexibility index (Phi) is 9.30. The van der Waals surface area contributed by atoms with E-state index in [0.717, 1.165) is 16.8 Å². The first-order valence-electron chi connectivity index (χ1n) is 13.4. The van der Waals surface area contributed by atoms with Gasteiger partial charge in [-0.2, -0.15) is 0 Å². The lowest BCUT2D eigenvalue weighted by Gasteiger charge is -2.37. The first-order valence-corrected chi connectivity index (χ1v) is 13.4. The summed E-state index contributed by atoms with van der Waals surface area (Å²) in [5.41, 5.74) is 4.22. The van der Waals surface area contributed by atoms with Gasteiger partial charge in [-0.25, -0.2) is 4.79 Å². The van der Waals surface area contributed by atoms with Crippen molar-refractivity contribution in [2.75, 3.05) is 40.6 Å². The number of carbonyl (C=O) groups excluding carboxylic acids is 2. The first kappa shape index (κ1) is 28.2. The van der Waals surface area contributed by atoms with Crippen molar-refractivity contribution in [3.63, 3.8) is 0 Å². The van der Waals surface area contributed by atoms with E-state index in [4.69, 9.17) is 23.7 Å². The van der Waals surface area contributed by atoms with Crippen molar-refractivity contribution in [2.24, 2.45) is 0 Å². The summed E-state index contributed by atoms with van der Waals surface area (Å²) < 4.78 is 27.8. The SMILES string of the molecule is CCOCCOC(=O)C1=C(C)NC2=C(C(=O)C[C@@H](c3ccc(OC)c(OC)c3)C2)[C@@H]1c1ccccc1OCC. The number of ether oxygens (including phenoxy) is 5. The maximum Gasteiger partial charge on any atom is 0.336 e. The number of esters is 1. The molecule has 4 rings (SSSR count). The first-order chi connectivity index (χ1) is 18.9. The second-order valence-corrected chi connectivity index (χ2v) is 9.44. The maximum atomic E-state index is 13.9. The summed E-state index contributed by atoms with van der Waals surface area (Å²) in [5.74, 6) is 0.736. The van der Waals surface area contributed by atoms with Gasteiger partial charge in [-0.1, -0.05) is 24.3 Å². The third-order valence-electron chi connectivity index (χ3n) is 7.12. The number of hydrogen-bond donors (Lipinski definition) is 1. The molecule has 2 aromatic rings. The number of nitrogens with one attached hydrogen (secondary N) is 1. The van der Waals surface area contributed by atoms with E-state index >= 15 is 0 Å². The molecule has 0 unspecified atom stereocenters. The van der Waals surface area contributed by atoms with Crippen molar-refractivity contribution in [1.29, 1.82) is 0 Å². The maximum absolute atomic E-state index is 13.9. The molecule has 2 aromatic carbocycles. The molecule has 0 aromatic heterocycles. The Hall–Kier alpha value is -3.78. The van der Waals surface area contributed by atoms with Crippen LogP contribution in [-0.2, 0) is 19.1 Å². The van der Waals surface area contributed by atoms with E-state index in [9.17, 15) is 9.59 Å². The number of carbonyl (C=O) groups is 2. The fraction of sp³-hybridized carbons (Fsp3) is 0.419. The van der Waals surface area contributed by atoms with Crippen LogP contribution in [0.3, 0.4) is 0 Å². The van der Waals surface area contributed by atoms with Gasteiger partial charge in [-0.05, 0) is 56.9 Å². The number of allylic oxidation sites excluding steroid dienone is 3. The van der Waals surface area contributed by atoms with Gasteiger partial charge in [-0.15, -0.1) is 0 Å². The molecule has 0 radical (unpaired) electrons. The molecule has 8 heteroatoms. The van der Waals surface area contributed by atoms with E-state index in [0.29, 0.717) is 66.8 Å². The summed E-state index contributed by atoms with van der Waals surface area (Å²) >= 11 is 0. The van der Waals surface area contributed by atoms with Crippen LogP contribution >= 0.6 is 0 Å². The van der Waals surface area contributed by atoms with Crippen LogP contribution in [0.1, 0.15) is 56.6 Å². The number of hydrogen-bond acceptors (Lipinski definition) is 8. The second kappa shape index (κ2) is 12.8. The Labute approximate surface area is 229 Å². The van der Waals surface area contributed by atoms with Gasteiger partial charge in [0, 0.05) is 35.6 Å². The molecule has 2 aliphatic rings. The van der Waals surface area contributed by atoms with E-state index in [1.54, 1.807) is 14.2 Å². The van der Waals surface area contributed by atoms with Crippen LogP contribution in [0, 0.1) is 0 Å². The molecule has 0 saturated heterocycles. The molecule has 0 fully saturated rings. The molecule has 1 heterocycles. The molecular formula is C31H37NO7. The summed E-state index contributed by atoms with van der Waals surface area (Å²) in [6.07, 6.45) is 0.906. The van der Waals surface area contributed by atoms with Gasteiger partial charge in [-0.3, -0.25) is 4.79 Å². The quantitative estimate of drug-likeness (QED) is 0.316. The molecule has 0 spiro atoms. The fourth-order valence-corrected chi connectivity index (χ4v) is 5.38. The Morgan fingerprint density at radius 1 is 0.949 bits per heavy atom. The van der Waals surface area contributed by atoms with Crippen molar-refractivity contribution < 1.29 is 33.3 Å². The van der Waals surface area contributed by atoms with E-state index < -0.39 is 11.9 Å². The fourth-order valence-electron chi connectivity index (χ4n) is 5.38. The van der Waals surface area contributed by atoms with Gasteiger partial charge in [0.05, 0.1) is 38.9 Å². The summed E-state index contributed by atoms with van der Waals surface area (Å²) in [7, 11) is 3.19. The zero-order valence-corrected chi connectivity index (χ0v) is 23.3. The normalized spacial score (nSPS) is 18.8. The van der Waals surface area contributed by atoms with Crippen molar-refractivity contribution >= 4 is 11.8 Å². The largest absolute Gasteiger partial charge is 0.494 e. The van der Waals surface area contributed by atoms with E-state index in [1.807, 2.05) is 63.2 Å². The van der Waals surface area contributed by atoms with E-state index in [1.165, 1.54) is 0 Å². The Bertz CT molecular complexity index is 1280. The van der Waals surface area contributed by atoms with Crippen molar-refractivity contribution in [3.8, 4) is 17.2 Å². The summed E-state index contributed by atoms with van der Waals surface area (Å²) in [5, 5.41) is 3.39. The highest BCUT2D eigenvalue weighted by molar-refractivity contribution is 6.04. The molecule has 0 saturated carbocycles. The van der Waals surface area contributed by atoms with Crippen LogP contribution in [-0.4, -0.2) is 52.4 Å². The molecule has 1 aliphatic heterocycles. The number of Topliss-reactive ketones (excluding diaryl/α,β-unsaturated/α-hetero) is 1. The Morgan fingerprint density at radius 2 is 1.72 bits per heavy atom. The highest BCUT2D eigenvalue weighted by Gasteiger charge is 2.42. The molecule has 39 heavy (non-hydrogen) atoms. The Morgan fingerprint density at radius 3 is 2.44 bits per heavy atom. The summed E-state index contributed by atoms with van der Waals surface area (Å²) in [6.45, 7) is 7.08. The second-order valence-electron chi connectivity index (χ2n) is 9.44. The number of methoxy groups -OCH3 is 2. The molecule has 1 N–H and O–H groups in total. The summed E-state index contributed by atoms with van der Waals surface area (Å²) in [4.78, 5) is 27.4. The summed E-state index contributed by atoms with van der Waals surface area (Å²) in [6, 6.07) is 13.3. The highest BCUT2D eigenvalue weighted by Crippen LogP contribution is 2.48. The lowest BCUT2D eigenvalue weighted by Crippen LogP contribution is -2.36. The smallest absolute Gasteiger partial charge is 0.336 e. The molecule has 208 valence electrons. The van der Waals surface area contributed by atoms with Gasteiger partial charge in [0.1, 0.15) is 12.4 Å². The molecule has 0 bridgehead atoms. The van der Waals surface area contributed by atoms with E-state index in [-0.39, 0.29) is 18.3 Å². The van der Waals surface area contributed by atoms with Gasteiger partial charge in [0.2, 0.25) is 0 Å². The number of para-hydroxylation sites is 1. The molecule has 8 nitrogen and oxygen atoms in total. The minimum atomic E-state index is -0.609. The molecular weight excluding hydrogens is 498 g/mol. The predicted octanol–water partition coefficient (Wildman–Crippen LogP) is 5.04. The number of dihydropyridines is 1. The molecule has 2 atom stereocenters. The standard InChI is InChI=1S/C31H37NO7/c1-6-37-14-15-39-31(34)28-19(3)32-23-16-21(20-12-13-26(35-4)27(18-20)36-5)17-24(33)30(23)29(28)22-10-8-9-11-25(22)38-7-2/h8-13,18,21,29,32H,6-7,14-17H2,1-5H3/t21-,29+/m0/s1. The average Bonchev–Trinajstić information content (AvgIpc) is 2.94. The minimum Gasteiger partial charge on any atom is -0.494 e. The topological polar surface area (TPSA) is 92.3 Å². The van der Waals surface area contributed by atoms with Gasteiger partial charge >= 0.3 is 5.97 Å². The van der Waals surface area contributed by atoms with Crippen LogP contribution < -0.4 is 19.5 Å². The van der Waals surface area contributed by atoms with Crippen LogP contribution in [0.5, 0.6) is 17.2 Å². The number of benzene rings is 2. The van der Waals surface area contributed by atoms with Crippen molar-refractivity contribution in [1.82, 2.24) is 5.32 Å². The monoisotopic (exact) mass is 535 g/mol. The molecule has 1 aliphatic carbocycles.